The average Bonchev–Trinajstić information content (AvgIpc) is 2.75. The average molecular weight is 290 g/mol. The lowest BCUT2D eigenvalue weighted by molar-refractivity contribution is -0.384. The monoisotopic (exact) mass is 290 g/mol. The molecule has 0 aliphatic rings. The van der Waals surface area contributed by atoms with E-state index in [-0.39, 0.29) is 18.2 Å². The predicted octanol–water partition coefficient (Wildman–Crippen LogP) is 1.65. The number of non-ortho nitro benzene ring substituents is 1. The van der Waals surface area contributed by atoms with Crippen LogP contribution >= 0.6 is 0 Å². The van der Waals surface area contributed by atoms with Crippen molar-refractivity contribution in [2.75, 3.05) is 11.9 Å². The normalized spacial score (nSPS) is 10.2. The Hall–Kier alpha value is -2.90. The van der Waals surface area contributed by atoms with E-state index < -0.39 is 4.92 Å². The Kier molecular flexibility index (Phi) is 4.17. The molecule has 1 N–H and O–H groups in total. The first-order valence-corrected chi connectivity index (χ1v) is 6.13. The van der Waals surface area contributed by atoms with Crippen molar-refractivity contribution in [3.05, 3.63) is 46.1 Å². The molecule has 1 heterocycles. The highest BCUT2D eigenvalue weighted by Crippen LogP contribution is 2.17. The topological polar surface area (TPSA) is 99.3 Å². The molecular weight excluding hydrogens is 276 g/mol. The Morgan fingerprint density at radius 3 is 2.62 bits per heavy atom. The minimum atomic E-state index is -0.499. The molecule has 1 aromatic heterocycles. The van der Waals surface area contributed by atoms with Crippen molar-refractivity contribution in [3.8, 4) is 5.75 Å². The van der Waals surface area contributed by atoms with E-state index in [1.807, 2.05) is 6.92 Å². The summed E-state index contributed by atoms with van der Waals surface area (Å²) in [5.74, 6) is 0.623. The van der Waals surface area contributed by atoms with Gasteiger partial charge in [-0.3, -0.25) is 19.6 Å². The molecular formula is C13H14N4O4. The largest absolute Gasteiger partial charge is 0.484 e. The van der Waals surface area contributed by atoms with Crippen LogP contribution in [0.2, 0.25) is 0 Å². The molecule has 0 fully saturated rings. The maximum absolute atomic E-state index is 11.7. The summed E-state index contributed by atoms with van der Waals surface area (Å²) in [5, 5.41) is 17.3. The van der Waals surface area contributed by atoms with Crippen molar-refractivity contribution in [1.29, 1.82) is 0 Å². The number of aromatic nitrogens is 2. The van der Waals surface area contributed by atoms with E-state index in [1.54, 1.807) is 17.8 Å². The number of anilines is 1. The van der Waals surface area contributed by atoms with Crippen molar-refractivity contribution in [1.82, 2.24) is 9.78 Å². The third-order valence-electron chi connectivity index (χ3n) is 2.69. The van der Waals surface area contributed by atoms with Crippen LogP contribution in [0.15, 0.2) is 30.3 Å². The van der Waals surface area contributed by atoms with Gasteiger partial charge in [0.25, 0.3) is 11.6 Å². The zero-order chi connectivity index (χ0) is 15.4. The summed E-state index contributed by atoms with van der Waals surface area (Å²) in [6.45, 7) is 1.63. The Bertz CT molecular complexity index is 663. The minimum absolute atomic E-state index is 0.0304. The number of carbonyl (C=O) groups is 1. The molecule has 1 amide bonds. The van der Waals surface area contributed by atoms with Crippen LogP contribution in [-0.4, -0.2) is 27.2 Å². The highest BCUT2D eigenvalue weighted by atomic mass is 16.6. The standard InChI is InChI=1S/C13H14N4O4/c1-9-7-12(16(2)15-9)14-13(18)8-21-11-5-3-10(4-6-11)17(19)20/h3-7H,8H2,1-2H3,(H,14,18). The van der Waals surface area contributed by atoms with E-state index in [0.29, 0.717) is 11.6 Å². The molecule has 0 bridgehead atoms. The van der Waals surface area contributed by atoms with Gasteiger partial charge in [0.1, 0.15) is 11.6 Å². The van der Waals surface area contributed by atoms with Crippen LogP contribution in [0.1, 0.15) is 5.69 Å². The summed E-state index contributed by atoms with van der Waals surface area (Å²) in [7, 11) is 1.72. The Labute approximate surface area is 120 Å². The molecule has 110 valence electrons. The zero-order valence-corrected chi connectivity index (χ0v) is 11.6. The number of nitro groups is 1. The van der Waals surface area contributed by atoms with Crippen molar-refractivity contribution in [2.24, 2.45) is 7.05 Å². The quantitative estimate of drug-likeness (QED) is 0.666. The Balaban J connectivity index is 1.89. The number of hydrogen-bond donors (Lipinski definition) is 1. The van der Waals surface area contributed by atoms with Crippen LogP contribution in [0.5, 0.6) is 5.75 Å². The molecule has 0 spiro atoms. The van der Waals surface area contributed by atoms with E-state index in [1.165, 1.54) is 24.3 Å². The SMILES string of the molecule is Cc1cc(NC(=O)COc2ccc([N+](=O)[O-])cc2)n(C)n1. The van der Waals surface area contributed by atoms with Gasteiger partial charge >= 0.3 is 0 Å². The molecule has 8 nitrogen and oxygen atoms in total. The van der Waals surface area contributed by atoms with Gasteiger partial charge in [0, 0.05) is 25.2 Å². The molecule has 2 rings (SSSR count). The van der Waals surface area contributed by atoms with Crippen LogP contribution in [0.3, 0.4) is 0 Å². The number of nitrogens with zero attached hydrogens (tertiary/aromatic N) is 3. The molecule has 2 aromatic rings. The molecule has 8 heteroatoms. The van der Waals surface area contributed by atoms with E-state index in [0.717, 1.165) is 5.69 Å². The molecule has 0 saturated carbocycles. The van der Waals surface area contributed by atoms with E-state index in [9.17, 15) is 14.9 Å². The number of rotatable bonds is 5. The van der Waals surface area contributed by atoms with Crippen molar-refractivity contribution in [2.45, 2.75) is 6.92 Å². The van der Waals surface area contributed by atoms with Crippen LogP contribution in [0.25, 0.3) is 0 Å². The van der Waals surface area contributed by atoms with Gasteiger partial charge in [-0.25, -0.2) is 0 Å². The zero-order valence-electron chi connectivity index (χ0n) is 11.6. The number of carbonyl (C=O) groups excluding carboxylic acids is 1. The number of aryl methyl sites for hydroxylation is 2. The second-order valence-electron chi connectivity index (χ2n) is 4.38. The fourth-order valence-corrected chi connectivity index (χ4v) is 1.72. The molecule has 0 aliphatic carbocycles. The number of benzene rings is 1. The third-order valence-corrected chi connectivity index (χ3v) is 2.69. The highest BCUT2D eigenvalue weighted by molar-refractivity contribution is 5.91. The minimum Gasteiger partial charge on any atom is -0.484 e. The summed E-state index contributed by atoms with van der Waals surface area (Å²) in [6.07, 6.45) is 0. The van der Waals surface area contributed by atoms with Gasteiger partial charge in [-0.15, -0.1) is 0 Å². The summed E-state index contributed by atoms with van der Waals surface area (Å²) in [4.78, 5) is 21.7. The van der Waals surface area contributed by atoms with E-state index in [2.05, 4.69) is 10.4 Å². The van der Waals surface area contributed by atoms with Crippen LogP contribution < -0.4 is 10.1 Å². The summed E-state index contributed by atoms with van der Waals surface area (Å²) < 4.78 is 6.81. The summed E-state index contributed by atoms with van der Waals surface area (Å²) in [5.41, 5.74) is 0.765. The number of hydrogen-bond acceptors (Lipinski definition) is 5. The van der Waals surface area contributed by atoms with Gasteiger partial charge in [-0.05, 0) is 19.1 Å². The Morgan fingerprint density at radius 2 is 2.10 bits per heavy atom. The molecule has 0 atom stereocenters. The third kappa shape index (κ3) is 3.78. The van der Waals surface area contributed by atoms with Gasteiger partial charge < -0.3 is 10.1 Å². The van der Waals surface area contributed by atoms with Gasteiger partial charge in [0.15, 0.2) is 6.61 Å². The molecule has 0 saturated heterocycles. The Morgan fingerprint density at radius 1 is 1.43 bits per heavy atom. The van der Waals surface area contributed by atoms with Crippen LogP contribution in [0.4, 0.5) is 11.5 Å². The molecule has 21 heavy (non-hydrogen) atoms. The number of ether oxygens (including phenoxy) is 1. The van der Waals surface area contributed by atoms with Crippen LogP contribution in [-0.2, 0) is 11.8 Å². The number of amides is 1. The van der Waals surface area contributed by atoms with Crippen molar-refractivity contribution in [3.63, 3.8) is 0 Å². The maximum atomic E-state index is 11.7. The van der Waals surface area contributed by atoms with Crippen LogP contribution in [0, 0.1) is 17.0 Å². The van der Waals surface area contributed by atoms with E-state index >= 15 is 0 Å². The second-order valence-corrected chi connectivity index (χ2v) is 4.38. The molecule has 0 radical (unpaired) electrons. The van der Waals surface area contributed by atoms with Gasteiger partial charge in [0.05, 0.1) is 10.6 Å². The molecule has 0 unspecified atom stereocenters. The van der Waals surface area contributed by atoms with Gasteiger partial charge in [-0.2, -0.15) is 5.10 Å². The summed E-state index contributed by atoms with van der Waals surface area (Å²) in [6, 6.07) is 7.26. The molecule has 0 aliphatic heterocycles. The summed E-state index contributed by atoms with van der Waals surface area (Å²) >= 11 is 0. The van der Waals surface area contributed by atoms with Gasteiger partial charge in [-0.1, -0.05) is 0 Å². The number of nitrogens with one attached hydrogen (secondary N) is 1. The first kappa shape index (κ1) is 14.5. The maximum Gasteiger partial charge on any atom is 0.269 e. The fourth-order valence-electron chi connectivity index (χ4n) is 1.72. The second kappa shape index (κ2) is 6.04. The number of nitro benzene ring substituents is 1. The van der Waals surface area contributed by atoms with Gasteiger partial charge in [0.2, 0.25) is 0 Å². The van der Waals surface area contributed by atoms with Crippen molar-refractivity contribution >= 4 is 17.4 Å². The fraction of sp³-hybridized carbons (Fsp3) is 0.231. The first-order valence-electron chi connectivity index (χ1n) is 6.13. The lowest BCUT2D eigenvalue weighted by Gasteiger charge is -2.07. The highest BCUT2D eigenvalue weighted by Gasteiger charge is 2.09. The molecule has 1 aromatic carbocycles. The first-order chi connectivity index (χ1) is 9.95. The lowest BCUT2D eigenvalue weighted by atomic mass is 10.3. The predicted molar refractivity (Wildman–Crippen MR) is 75.2 cm³/mol. The lowest BCUT2D eigenvalue weighted by Crippen LogP contribution is -2.21. The van der Waals surface area contributed by atoms with Crippen molar-refractivity contribution < 1.29 is 14.5 Å². The van der Waals surface area contributed by atoms with E-state index in [4.69, 9.17) is 4.74 Å². The smallest absolute Gasteiger partial charge is 0.269 e.